The van der Waals surface area contributed by atoms with Gasteiger partial charge in [0.2, 0.25) is 10.0 Å². The summed E-state index contributed by atoms with van der Waals surface area (Å²) in [7, 11) is -3.56. The third-order valence-electron chi connectivity index (χ3n) is 5.58. The summed E-state index contributed by atoms with van der Waals surface area (Å²) in [6.07, 6.45) is 3.81. The molecule has 172 valence electrons. The molecule has 1 aliphatic rings. The van der Waals surface area contributed by atoms with Crippen molar-refractivity contribution in [3.05, 3.63) is 47.0 Å². The molecule has 1 saturated heterocycles. The van der Waals surface area contributed by atoms with Gasteiger partial charge in [-0.15, -0.1) is 0 Å². The van der Waals surface area contributed by atoms with E-state index >= 15 is 8.78 Å². The molecule has 0 radical (unpaired) electrons. The summed E-state index contributed by atoms with van der Waals surface area (Å²) in [5.74, 6) is -0.970. The predicted octanol–water partition coefficient (Wildman–Crippen LogP) is 1.82. The molecule has 31 heavy (non-hydrogen) atoms. The number of aliphatic hydroxyl groups is 1. The highest BCUT2D eigenvalue weighted by atomic mass is 32.2. The molecule has 2 heterocycles. The fraction of sp³-hybridized carbons (Fsp3) is 0.600. The van der Waals surface area contributed by atoms with Crippen LogP contribution < -0.4 is 0 Å². The second kappa shape index (κ2) is 9.68. The van der Waals surface area contributed by atoms with Crippen molar-refractivity contribution < 1.29 is 27.0 Å². The van der Waals surface area contributed by atoms with Gasteiger partial charge in [-0.3, -0.25) is 4.68 Å². The van der Waals surface area contributed by atoms with Crippen LogP contribution in [0.15, 0.2) is 18.5 Å². The largest absolute Gasteiger partial charge is 0.394 e. The van der Waals surface area contributed by atoms with Gasteiger partial charge in [-0.2, -0.15) is 9.40 Å². The zero-order valence-electron chi connectivity index (χ0n) is 17.7. The van der Waals surface area contributed by atoms with Gasteiger partial charge in [0.25, 0.3) is 0 Å². The van der Waals surface area contributed by atoms with Gasteiger partial charge in [-0.05, 0) is 31.4 Å². The van der Waals surface area contributed by atoms with Crippen LogP contribution in [0.1, 0.15) is 43.1 Å². The van der Waals surface area contributed by atoms with Crippen LogP contribution in [0.4, 0.5) is 8.78 Å². The highest BCUT2D eigenvalue weighted by Gasteiger charge is 2.42. The zero-order valence-corrected chi connectivity index (χ0v) is 18.5. The van der Waals surface area contributed by atoms with Gasteiger partial charge in [-0.25, -0.2) is 22.2 Å². The summed E-state index contributed by atoms with van der Waals surface area (Å²) in [6, 6.07) is 2.20. The Morgan fingerprint density at radius 1 is 1.26 bits per heavy atom. The predicted molar refractivity (Wildman–Crippen MR) is 110 cm³/mol. The third-order valence-corrected chi connectivity index (χ3v) is 6.83. The van der Waals surface area contributed by atoms with Crippen LogP contribution in [0.3, 0.4) is 0 Å². The molecule has 1 aromatic carbocycles. The summed E-state index contributed by atoms with van der Waals surface area (Å²) in [6.45, 7) is 2.60. The average Bonchev–Trinajstić information content (AvgIpc) is 3.19. The molecule has 0 bridgehead atoms. The van der Waals surface area contributed by atoms with Gasteiger partial charge in [0, 0.05) is 37.4 Å². The van der Waals surface area contributed by atoms with Crippen LogP contribution in [-0.2, 0) is 33.3 Å². The molecule has 0 aliphatic carbocycles. The van der Waals surface area contributed by atoms with E-state index in [0.717, 1.165) is 22.7 Å². The Kier molecular flexibility index (Phi) is 7.40. The molecule has 1 N–H and O–H groups in total. The highest BCUT2D eigenvalue weighted by Crippen LogP contribution is 2.41. The van der Waals surface area contributed by atoms with E-state index in [4.69, 9.17) is 9.84 Å². The SMILES string of the molecule is CCCN(Cc1cc(F)c(C2(c3ncn(CCO)n3)CCOCC2)cc1F)S(C)(=O)=O. The lowest BCUT2D eigenvalue weighted by Gasteiger charge is -2.35. The number of rotatable bonds is 9. The summed E-state index contributed by atoms with van der Waals surface area (Å²) in [5.41, 5.74) is -0.871. The molecule has 1 aliphatic heterocycles. The van der Waals surface area contributed by atoms with Crippen molar-refractivity contribution in [3.63, 3.8) is 0 Å². The van der Waals surface area contributed by atoms with Gasteiger partial charge in [-0.1, -0.05) is 6.92 Å². The van der Waals surface area contributed by atoms with E-state index in [2.05, 4.69) is 10.1 Å². The number of sulfonamides is 1. The highest BCUT2D eigenvalue weighted by molar-refractivity contribution is 7.88. The number of benzene rings is 1. The van der Waals surface area contributed by atoms with Gasteiger partial charge < -0.3 is 9.84 Å². The van der Waals surface area contributed by atoms with Crippen LogP contribution >= 0.6 is 0 Å². The Balaban J connectivity index is 2.02. The monoisotopic (exact) mass is 458 g/mol. The molecule has 1 aromatic heterocycles. The normalized spacial score (nSPS) is 16.7. The molecule has 0 unspecified atom stereocenters. The molecular weight excluding hydrogens is 430 g/mol. The van der Waals surface area contributed by atoms with Gasteiger partial charge in [0.1, 0.15) is 18.0 Å². The Bertz CT molecular complexity index is 1010. The molecule has 0 spiro atoms. The van der Waals surface area contributed by atoms with Crippen molar-refractivity contribution in [2.45, 2.75) is 44.7 Å². The molecule has 2 aromatic rings. The van der Waals surface area contributed by atoms with E-state index < -0.39 is 27.1 Å². The molecule has 3 rings (SSSR count). The first-order valence-corrected chi connectivity index (χ1v) is 12.1. The van der Waals surface area contributed by atoms with Crippen LogP contribution in [0.5, 0.6) is 0 Å². The van der Waals surface area contributed by atoms with E-state index in [1.54, 1.807) is 0 Å². The summed E-state index contributed by atoms with van der Waals surface area (Å²) < 4.78 is 62.5. The minimum atomic E-state index is -3.56. The molecule has 1 fully saturated rings. The maximum absolute atomic E-state index is 15.4. The van der Waals surface area contributed by atoms with Crippen LogP contribution in [-0.4, -0.2) is 65.2 Å². The minimum Gasteiger partial charge on any atom is -0.394 e. The van der Waals surface area contributed by atoms with E-state index in [9.17, 15) is 8.42 Å². The average molecular weight is 459 g/mol. The second-order valence-electron chi connectivity index (χ2n) is 7.77. The van der Waals surface area contributed by atoms with E-state index in [1.165, 1.54) is 11.0 Å². The first kappa shape index (κ1) is 23.7. The lowest BCUT2D eigenvalue weighted by molar-refractivity contribution is 0.0591. The summed E-state index contributed by atoms with van der Waals surface area (Å²) >= 11 is 0. The van der Waals surface area contributed by atoms with Crippen molar-refractivity contribution in [2.75, 3.05) is 32.6 Å². The van der Waals surface area contributed by atoms with Crippen molar-refractivity contribution in [2.24, 2.45) is 0 Å². The van der Waals surface area contributed by atoms with Crippen molar-refractivity contribution in [1.82, 2.24) is 19.1 Å². The maximum Gasteiger partial charge on any atom is 0.211 e. The smallest absolute Gasteiger partial charge is 0.211 e. The Morgan fingerprint density at radius 2 is 1.97 bits per heavy atom. The Morgan fingerprint density at radius 3 is 2.58 bits per heavy atom. The number of aromatic nitrogens is 3. The maximum atomic E-state index is 15.4. The topological polar surface area (TPSA) is 97.6 Å². The number of halogens is 2. The fourth-order valence-corrected chi connectivity index (χ4v) is 4.82. The summed E-state index contributed by atoms with van der Waals surface area (Å²) in [5, 5.41) is 13.5. The molecule has 0 amide bonds. The standard InChI is InChI=1S/C20H28F2N4O4S/c1-3-6-26(31(2,28)29)13-15-11-18(22)16(12-17(15)21)20(4-9-30-10-5-20)19-23-14-25(24-19)7-8-27/h11-12,14,27H,3-10,13H2,1-2H3. The van der Waals surface area contributed by atoms with Gasteiger partial charge in [0.05, 0.1) is 24.8 Å². The minimum absolute atomic E-state index is 0.0268. The molecule has 0 saturated carbocycles. The van der Waals surface area contributed by atoms with Crippen molar-refractivity contribution in [1.29, 1.82) is 0 Å². The number of nitrogens with zero attached hydrogens (tertiary/aromatic N) is 4. The van der Waals surface area contributed by atoms with Crippen LogP contribution in [0, 0.1) is 11.6 Å². The first-order valence-electron chi connectivity index (χ1n) is 10.2. The number of hydrogen-bond acceptors (Lipinski definition) is 6. The summed E-state index contributed by atoms with van der Waals surface area (Å²) in [4.78, 5) is 4.31. The van der Waals surface area contributed by atoms with Crippen LogP contribution in [0.25, 0.3) is 0 Å². The fourth-order valence-electron chi connectivity index (χ4n) is 3.93. The molecular formula is C20H28F2N4O4S. The van der Waals surface area contributed by atoms with Crippen LogP contribution in [0.2, 0.25) is 0 Å². The second-order valence-corrected chi connectivity index (χ2v) is 9.75. The Hall–Kier alpha value is -1.95. The first-order chi connectivity index (χ1) is 14.7. The Labute approximate surface area is 180 Å². The van der Waals surface area contributed by atoms with Gasteiger partial charge >= 0.3 is 0 Å². The van der Waals surface area contributed by atoms with Crippen molar-refractivity contribution >= 4 is 10.0 Å². The lowest BCUT2D eigenvalue weighted by atomic mass is 9.73. The lowest BCUT2D eigenvalue weighted by Crippen LogP contribution is -2.37. The molecule has 11 heteroatoms. The van der Waals surface area contributed by atoms with E-state index in [0.29, 0.717) is 38.3 Å². The van der Waals surface area contributed by atoms with Crippen molar-refractivity contribution in [3.8, 4) is 0 Å². The zero-order chi connectivity index (χ0) is 22.6. The van der Waals surface area contributed by atoms with E-state index in [1.807, 2.05) is 6.92 Å². The number of hydrogen-bond donors (Lipinski definition) is 1. The molecule has 0 atom stereocenters. The quantitative estimate of drug-likeness (QED) is 0.616. The number of ether oxygens (including phenoxy) is 1. The molecule has 8 nitrogen and oxygen atoms in total. The number of aliphatic hydroxyl groups excluding tert-OH is 1. The third kappa shape index (κ3) is 5.11. The van der Waals surface area contributed by atoms with E-state index in [-0.39, 0.29) is 37.4 Å². The van der Waals surface area contributed by atoms with Gasteiger partial charge in [0.15, 0.2) is 5.82 Å².